The third-order valence-corrected chi connectivity index (χ3v) is 9.79. The number of hydrogen-bond donors (Lipinski definition) is 2. The van der Waals surface area contributed by atoms with Crippen molar-refractivity contribution in [2.45, 2.75) is 87.7 Å². The summed E-state index contributed by atoms with van der Waals surface area (Å²) in [6.45, 7) is 12.9. The summed E-state index contributed by atoms with van der Waals surface area (Å²) in [4.78, 5) is 23.3. The van der Waals surface area contributed by atoms with Gasteiger partial charge in [-0.1, -0.05) is 69.7 Å². The zero-order valence-corrected chi connectivity index (χ0v) is 27.4. The number of aryl methyl sites for hydroxylation is 1. The van der Waals surface area contributed by atoms with E-state index in [9.17, 15) is 4.79 Å². The smallest absolute Gasteiger partial charge is 0.407 e. The van der Waals surface area contributed by atoms with Crippen LogP contribution in [-0.4, -0.2) is 54.2 Å². The zero-order valence-electron chi connectivity index (χ0n) is 25.8. The number of nitrogens with one attached hydrogen (secondary N) is 2. The Labute approximate surface area is 259 Å². The average Bonchev–Trinajstić information content (AvgIpc) is 3.66. The molecule has 1 atom stereocenters. The van der Waals surface area contributed by atoms with Gasteiger partial charge < -0.3 is 24.7 Å². The summed E-state index contributed by atoms with van der Waals surface area (Å²) in [6.07, 6.45) is 9.67. The molecule has 0 radical (unpaired) electrons. The molecule has 2 N–H and O–H groups in total. The van der Waals surface area contributed by atoms with Crippen LogP contribution in [0.4, 0.5) is 9.93 Å². The van der Waals surface area contributed by atoms with E-state index in [1.165, 1.54) is 22.6 Å². The number of carbonyl (C=O) groups excluding carboxylic acids is 1. The first-order chi connectivity index (χ1) is 20.2. The van der Waals surface area contributed by atoms with Crippen LogP contribution in [0.15, 0.2) is 45.3 Å². The van der Waals surface area contributed by atoms with Crippen molar-refractivity contribution in [2.75, 3.05) is 38.5 Å². The molecule has 1 aliphatic rings. The molecule has 0 spiro atoms. The van der Waals surface area contributed by atoms with Gasteiger partial charge in [-0.15, -0.1) is 11.8 Å². The van der Waals surface area contributed by atoms with Gasteiger partial charge in [-0.2, -0.15) is 0 Å². The number of carbonyl (C=O) groups is 1. The minimum absolute atomic E-state index is 0.0215. The molecular formula is C32H47N5O3S2. The number of thiazole rings is 1. The maximum absolute atomic E-state index is 11.7. The predicted molar refractivity (Wildman–Crippen MR) is 172 cm³/mol. The summed E-state index contributed by atoms with van der Waals surface area (Å²) in [6, 6.07) is 8.59. The van der Waals surface area contributed by atoms with E-state index >= 15 is 0 Å². The Morgan fingerprint density at radius 1 is 1.19 bits per heavy atom. The van der Waals surface area contributed by atoms with Gasteiger partial charge in [0.1, 0.15) is 11.9 Å². The molecular weight excluding hydrogens is 567 g/mol. The van der Waals surface area contributed by atoms with E-state index in [0.29, 0.717) is 5.92 Å². The van der Waals surface area contributed by atoms with Crippen molar-refractivity contribution < 1.29 is 13.9 Å². The maximum atomic E-state index is 11.7. The van der Waals surface area contributed by atoms with Crippen LogP contribution in [0.3, 0.4) is 0 Å². The van der Waals surface area contributed by atoms with Crippen molar-refractivity contribution in [1.82, 2.24) is 20.2 Å². The molecule has 4 rings (SSSR count). The molecule has 0 aliphatic carbocycles. The number of alkyl carbamates (subject to hydrolysis) is 1. The summed E-state index contributed by atoms with van der Waals surface area (Å²) in [5.74, 6) is 3.09. The topological polar surface area (TPSA) is 92.5 Å². The highest BCUT2D eigenvalue weighted by Crippen LogP contribution is 2.32. The zero-order chi connectivity index (χ0) is 30.0. The van der Waals surface area contributed by atoms with Gasteiger partial charge in [0.25, 0.3) is 0 Å². The monoisotopic (exact) mass is 613 g/mol. The lowest BCUT2D eigenvalue weighted by atomic mass is 9.94. The van der Waals surface area contributed by atoms with Crippen LogP contribution in [-0.2, 0) is 22.3 Å². The van der Waals surface area contributed by atoms with Gasteiger partial charge in [-0.05, 0) is 68.8 Å². The first-order valence-corrected chi connectivity index (χ1v) is 17.0. The van der Waals surface area contributed by atoms with Gasteiger partial charge in [0, 0.05) is 19.0 Å². The summed E-state index contributed by atoms with van der Waals surface area (Å²) in [5, 5.41) is 7.12. The quantitative estimate of drug-likeness (QED) is 0.179. The normalized spacial score (nSPS) is 15.5. The van der Waals surface area contributed by atoms with Crippen molar-refractivity contribution in [3.63, 3.8) is 0 Å². The van der Waals surface area contributed by atoms with E-state index in [-0.39, 0.29) is 17.6 Å². The van der Waals surface area contributed by atoms with Crippen LogP contribution in [0.2, 0.25) is 0 Å². The molecule has 1 aliphatic heterocycles. The molecule has 10 heteroatoms. The molecule has 3 heterocycles. The minimum Gasteiger partial charge on any atom is -0.444 e. The molecule has 3 aromatic rings. The summed E-state index contributed by atoms with van der Waals surface area (Å²) in [7, 11) is 1.59. The number of nitrogens with zero attached hydrogens (tertiary/aromatic N) is 3. The highest BCUT2D eigenvalue weighted by Gasteiger charge is 2.21. The summed E-state index contributed by atoms with van der Waals surface area (Å²) < 4.78 is 12.6. The Balaban J connectivity index is 1.11. The van der Waals surface area contributed by atoms with Gasteiger partial charge in [0.15, 0.2) is 5.13 Å². The molecule has 8 nitrogen and oxygen atoms in total. The number of hydrogen-bond acceptors (Lipinski definition) is 9. The number of rotatable bonds is 14. The van der Waals surface area contributed by atoms with Gasteiger partial charge in [0.2, 0.25) is 5.89 Å². The second-order valence-corrected chi connectivity index (χ2v) is 14.4. The number of likely N-dealkylation sites (tertiary alicyclic amines) is 1. The van der Waals surface area contributed by atoms with Crippen LogP contribution in [0.5, 0.6) is 0 Å². The maximum Gasteiger partial charge on any atom is 0.407 e. The fraction of sp³-hybridized carbons (Fsp3) is 0.594. The van der Waals surface area contributed by atoms with Crippen molar-refractivity contribution >= 4 is 34.3 Å². The van der Waals surface area contributed by atoms with E-state index in [1.54, 1.807) is 30.1 Å². The number of benzene rings is 1. The molecule has 0 bridgehead atoms. The molecule has 1 saturated heterocycles. The number of aromatic nitrogens is 2. The van der Waals surface area contributed by atoms with E-state index in [2.05, 4.69) is 77.5 Å². The Morgan fingerprint density at radius 2 is 1.95 bits per heavy atom. The highest BCUT2D eigenvalue weighted by atomic mass is 32.2. The van der Waals surface area contributed by atoms with Crippen molar-refractivity contribution in [1.29, 1.82) is 0 Å². The Bertz CT molecular complexity index is 1230. The van der Waals surface area contributed by atoms with E-state index < -0.39 is 0 Å². The number of oxazole rings is 1. The highest BCUT2D eigenvalue weighted by molar-refractivity contribution is 8.00. The Hall–Kier alpha value is -2.56. The fourth-order valence-electron chi connectivity index (χ4n) is 5.06. The number of anilines is 1. The second kappa shape index (κ2) is 15.8. The number of ether oxygens (including phenoxy) is 1. The lowest BCUT2D eigenvalue weighted by Gasteiger charge is -2.32. The molecule has 1 aromatic carbocycles. The van der Waals surface area contributed by atoms with Crippen molar-refractivity contribution in [3.8, 4) is 0 Å². The van der Waals surface area contributed by atoms with Crippen molar-refractivity contribution in [3.05, 3.63) is 59.4 Å². The number of amides is 1. The van der Waals surface area contributed by atoms with Crippen LogP contribution in [0.1, 0.15) is 88.7 Å². The lowest BCUT2D eigenvalue weighted by Crippen LogP contribution is -2.36. The predicted octanol–water partition coefficient (Wildman–Crippen LogP) is 7.67. The van der Waals surface area contributed by atoms with Crippen molar-refractivity contribution in [2.24, 2.45) is 5.92 Å². The lowest BCUT2D eigenvalue weighted by molar-refractivity contribution is 0.0938. The van der Waals surface area contributed by atoms with Gasteiger partial charge in [0.05, 0.1) is 22.4 Å². The van der Waals surface area contributed by atoms with Crippen LogP contribution >= 0.6 is 23.1 Å². The summed E-state index contributed by atoms with van der Waals surface area (Å²) >= 11 is 3.43. The standard InChI is InChI=1S/C32H47N5O3S2/c1-6-8-26(39-31(38)33-5)25-12-10-23(11-13-25)9-7-16-37-17-14-24(15-18-37)19-35-30-36-21-29(42-30)41-22-28-34-20-27(40-28)32(2,3)4/h10-13,20-21,24,26H,6-9,14-19,22H2,1-5H3,(H,33,38)(H,35,36). The largest absolute Gasteiger partial charge is 0.444 e. The molecule has 2 aromatic heterocycles. The van der Waals surface area contributed by atoms with E-state index in [0.717, 1.165) is 80.0 Å². The van der Waals surface area contributed by atoms with E-state index in [1.807, 2.05) is 12.4 Å². The number of thioether (sulfide) groups is 1. The first kappa shape index (κ1) is 32.4. The number of piperidine rings is 1. The van der Waals surface area contributed by atoms with Crippen LogP contribution in [0.25, 0.3) is 0 Å². The molecule has 1 amide bonds. The third kappa shape index (κ3) is 10.0. The SMILES string of the molecule is CCCC(OC(=O)NC)c1ccc(CCCN2CCC(CNc3ncc(SCc4ncc(C(C)(C)C)o4)s3)CC2)cc1. The Morgan fingerprint density at radius 3 is 2.62 bits per heavy atom. The fourth-order valence-corrected chi connectivity index (χ4v) is 6.79. The molecule has 230 valence electrons. The molecule has 0 saturated carbocycles. The molecule has 1 unspecified atom stereocenters. The van der Waals surface area contributed by atoms with Crippen LogP contribution < -0.4 is 10.6 Å². The average molecular weight is 614 g/mol. The summed E-state index contributed by atoms with van der Waals surface area (Å²) in [5.41, 5.74) is 2.38. The first-order valence-electron chi connectivity index (χ1n) is 15.2. The minimum atomic E-state index is -0.377. The molecule has 1 fully saturated rings. The van der Waals surface area contributed by atoms with Gasteiger partial charge in [-0.25, -0.2) is 14.8 Å². The Kier molecular flexibility index (Phi) is 12.2. The van der Waals surface area contributed by atoms with E-state index in [4.69, 9.17) is 9.15 Å². The second-order valence-electron chi connectivity index (χ2n) is 12.1. The third-order valence-electron chi connectivity index (χ3n) is 7.66. The van der Waals surface area contributed by atoms with Gasteiger partial charge in [-0.3, -0.25) is 0 Å². The van der Waals surface area contributed by atoms with Crippen LogP contribution in [0, 0.1) is 5.92 Å². The molecule has 42 heavy (non-hydrogen) atoms. The van der Waals surface area contributed by atoms with Gasteiger partial charge >= 0.3 is 6.09 Å².